The Morgan fingerprint density at radius 1 is 0.604 bits per heavy atom. The Kier molecular flexibility index (Phi) is 30.8. The zero-order valence-corrected chi connectivity index (χ0v) is 71.0. The Morgan fingerprint density at radius 2 is 1.19 bits per heavy atom. The molecular weight excluding hydrogens is 1920 g/mol. The maximum absolute atomic E-state index is 10.3. The van der Waals surface area contributed by atoms with Gasteiger partial charge in [-0.05, 0) is 201 Å². The number of nitrogens with zero attached hydrogens (tertiary/aromatic N) is 8. The molecule has 0 spiro atoms. The van der Waals surface area contributed by atoms with E-state index in [1.54, 1.807) is 48.0 Å². The number of para-hydroxylation sites is 5. The van der Waals surface area contributed by atoms with E-state index in [-0.39, 0.29) is 120 Å². The first-order valence-corrected chi connectivity index (χ1v) is 38.0. The minimum absolute atomic E-state index is 0. The number of hydrogen-bond donors (Lipinski definition) is 4. The number of terminal acetylenes is 1. The molecule has 571 valence electrons. The van der Waals surface area contributed by atoms with E-state index in [4.69, 9.17) is 20.8 Å². The molecule has 3 radical (unpaired) electrons. The number of piperidine rings is 1. The minimum atomic E-state index is -0.0121. The fourth-order valence-electron chi connectivity index (χ4n) is 17.1. The van der Waals surface area contributed by atoms with E-state index in [1.165, 1.54) is 107 Å². The number of rotatable bonds is 17. The van der Waals surface area contributed by atoms with E-state index in [0.717, 1.165) is 118 Å². The first kappa shape index (κ1) is 84.8. The molecule has 13 nitrogen and oxygen atoms in total. The summed E-state index contributed by atoms with van der Waals surface area (Å²) in [6.07, 6.45) is 32.9. The van der Waals surface area contributed by atoms with Gasteiger partial charge in [-0.15, -0.1) is 17.8 Å². The van der Waals surface area contributed by atoms with Crippen LogP contribution in [0.3, 0.4) is 0 Å². The van der Waals surface area contributed by atoms with E-state index in [1.807, 2.05) is 86.0 Å². The van der Waals surface area contributed by atoms with Crippen LogP contribution < -0.4 is 4.90 Å². The summed E-state index contributed by atoms with van der Waals surface area (Å²) in [7, 11) is 2.03. The maximum Gasteiger partial charge on any atom is 0.229 e. The molecule has 0 bridgehead atoms. The van der Waals surface area contributed by atoms with E-state index in [2.05, 4.69) is 138 Å². The van der Waals surface area contributed by atoms with Gasteiger partial charge in [0.25, 0.3) is 0 Å². The average Bonchev–Trinajstić information content (AvgIpc) is 1.67. The minimum Gasteiger partial charge on any atom is -0.507 e. The molecule has 106 heavy (non-hydrogen) atoms. The van der Waals surface area contributed by atoms with Crippen molar-refractivity contribution < 1.29 is 106 Å². The van der Waals surface area contributed by atoms with Gasteiger partial charge >= 0.3 is 0 Å². The number of imidazole rings is 1. The van der Waals surface area contributed by atoms with Gasteiger partial charge in [-0.2, -0.15) is 0 Å². The summed E-state index contributed by atoms with van der Waals surface area (Å²) in [5, 5.41) is 41.5. The summed E-state index contributed by atoms with van der Waals surface area (Å²) in [4.78, 5) is 30.0. The van der Waals surface area contributed by atoms with Gasteiger partial charge in [-0.3, -0.25) is 0 Å². The van der Waals surface area contributed by atoms with Crippen LogP contribution in [0, 0.1) is 45.8 Å². The summed E-state index contributed by atoms with van der Waals surface area (Å²) in [6, 6.07) is 53.1. The number of benzene rings is 7. The number of aromatic hydroxyl groups is 4. The first-order valence-electron chi connectivity index (χ1n) is 37.2. The predicted molar refractivity (Wildman–Crippen MR) is 420 cm³/mol. The molecule has 18 heteroatoms. The molecule has 4 N–H and O–H groups in total. The summed E-state index contributed by atoms with van der Waals surface area (Å²) in [6.45, 7) is 16.3. The smallest absolute Gasteiger partial charge is 0.229 e. The SMILES string of the molecule is C#CC1(Cc2ccc(O)c(-c3nc4ccccc4s3)c2)CCCC1.CC1CC(C)CC(C)(Cc2cnc(-c3ccccc3O)o2)C1.CCCCCC(c1ncnc(-c2ccccc2O)n1)C1(C)CCCC1.Cn1c(-c2ccccc2O)nc2ccc(CC3(C)CCN(c4ccccc4)CC3)cc21.[Co].[HH].[HH].[Ir].[Ir].[Pt]. The molecule has 3 aliphatic carbocycles. The molecule has 1 aliphatic heterocycles. The van der Waals surface area contributed by atoms with Gasteiger partial charge < -0.3 is 34.3 Å². The second kappa shape index (κ2) is 38.5. The Labute approximate surface area is 686 Å². The topological polar surface area (TPSA) is 180 Å². The van der Waals surface area contributed by atoms with Crippen molar-refractivity contribution in [2.75, 3.05) is 18.0 Å². The van der Waals surface area contributed by atoms with E-state index < -0.39 is 0 Å². The number of thiazole rings is 1. The Bertz CT molecular complexity index is 4630. The van der Waals surface area contributed by atoms with Gasteiger partial charge in [-0.25, -0.2) is 29.9 Å². The van der Waals surface area contributed by atoms with Crippen molar-refractivity contribution in [2.45, 2.75) is 176 Å². The van der Waals surface area contributed by atoms with Crippen LogP contribution in [0.5, 0.6) is 23.0 Å². The fourth-order valence-corrected chi connectivity index (χ4v) is 18.1. The maximum atomic E-state index is 10.3. The van der Waals surface area contributed by atoms with Crippen LogP contribution in [0.15, 0.2) is 181 Å². The second-order valence-corrected chi connectivity index (χ2v) is 31.9. The summed E-state index contributed by atoms with van der Waals surface area (Å²) >= 11 is 1.61. The van der Waals surface area contributed by atoms with Crippen LogP contribution in [0.25, 0.3) is 66.1 Å². The van der Waals surface area contributed by atoms with Crippen LogP contribution in [0.4, 0.5) is 5.69 Å². The molecule has 3 atom stereocenters. The number of aromatic nitrogens is 7. The number of fused-ring (bicyclic) bond motifs is 2. The normalized spacial score (nSPS) is 18.5. The van der Waals surface area contributed by atoms with Crippen molar-refractivity contribution in [2.24, 2.45) is 40.5 Å². The fraction of sp³-hybridized carbons (Fsp3) is 0.409. The molecule has 4 aliphatic rings. The molecule has 7 aromatic carbocycles. The Morgan fingerprint density at radius 3 is 1.83 bits per heavy atom. The summed E-state index contributed by atoms with van der Waals surface area (Å²) < 4.78 is 9.14. The van der Waals surface area contributed by atoms with Crippen LogP contribution in [-0.2, 0) is 104 Å². The van der Waals surface area contributed by atoms with Crippen LogP contribution in [0.1, 0.15) is 182 Å². The second-order valence-electron chi connectivity index (χ2n) is 30.9. The Balaban J connectivity index is 0.000000223. The predicted octanol–water partition coefficient (Wildman–Crippen LogP) is 22.2. The molecule has 3 saturated carbocycles. The molecule has 0 amide bonds. The number of oxazole rings is 1. The van der Waals surface area contributed by atoms with E-state index in [0.29, 0.717) is 34.2 Å². The number of unbranched alkanes of at least 4 members (excludes halogenated alkanes) is 2. The van der Waals surface area contributed by atoms with Crippen LogP contribution in [0.2, 0.25) is 0 Å². The third-order valence-electron chi connectivity index (χ3n) is 22.3. The molecule has 4 aromatic heterocycles. The van der Waals surface area contributed by atoms with Gasteiger partial charge in [0, 0.05) is 124 Å². The zero-order valence-electron chi connectivity index (χ0n) is 62.1. The van der Waals surface area contributed by atoms with E-state index in [9.17, 15) is 20.4 Å². The van der Waals surface area contributed by atoms with Crippen LogP contribution >= 0.6 is 11.3 Å². The zero-order chi connectivity index (χ0) is 71.4. The number of aryl methyl sites for hydroxylation is 1. The Hall–Kier alpha value is -6.83. The van der Waals surface area contributed by atoms with Crippen molar-refractivity contribution in [3.05, 3.63) is 199 Å². The van der Waals surface area contributed by atoms with Crippen LogP contribution in [-0.4, -0.2) is 68.0 Å². The van der Waals surface area contributed by atoms with Gasteiger partial charge in [0.15, 0.2) is 5.82 Å². The number of phenols is 4. The number of phenolic OH excluding ortho intramolecular Hbond substituents is 4. The third-order valence-corrected chi connectivity index (χ3v) is 23.4. The molecular formula is C88H106CoIr2N8O5PtS. The first-order chi connectivity index (χ1) is 49.3. The summed E-state index contributed by atoms with van der Waals surface area (Å²) in [5.74, 6) is 9.62. The van der Waals surface area contributed by atoms with Crippen molar-refractivity contribution in [3.8, 4) is 80.1 Å². The number of hydrogen-bond acceptors (Lipinski definition) is 13. The number of anilines is 1. The summed E-state index contributed by atoms with van der Waals surface area (Å²) in [5.41, 5.74) is 10.7. The van der Waals surface area contributed by atoms with Crippen molar-refractivity contribution in [1.82, 2.24) is 34.5 Å². The largest absolute Gasteiger partial charge is 0.507 e. The van der Waals surface area contributed by atoms with Gasteiger partial charge in [-0.1, -0.05) is 171 Å². The van der Waals surface area contributed by atoms with Gasteiger partial charge in [0.05, 0.1) is 49.7 Å². The average molecular weight is 2030 g/mol. The molecule has 15 rings (SSSR count). The quantitative estimate of drug-likeness (QED) is 0.0501. The standard InChI is InChI=1S/C27H29N3O.C21H29N3O.C21H19NOS.C19H25NO2.Co.2Ir.Pt.2H2/c1-27(14-16-30(17-15-27)21-8-4-3-5-9-21)19-20-12-13-23-24(18-20)29(2)26(28-23)22-10-6-7-11-25(22)31;1-3-4-5-11-17(21(2)13-8-9-14-21)20-23-15-22-19(24-20)16-10-6-7-12-18(16)25;1-2-21(11-5-6-12-21)14-15-9-10-18(23)16(13-15)20-22-17-7-3-4-8-19(17)24-20;1-13-8-14(2)10-19(3,9-13)11-15-12-20-18(22-15)16-6-4-5-7-17(16)21;;;;;;/h3-13,18,31H,14-17,19H2,1-2H3;6-7,10,12,15,17,25H,3-5,8-9,11,13-14H2,1-2H3;1,3-4,7-10,13,23H,5-6,11-12,14H2;4-7,12-14,21H,8-11H2,1-3H3;;;;;2*1H. The molecule has 1 saturated heterocycles. The monoisotopic (exact) mass is 2030 g/mol. The van der Waals surface area contributed by atoms with Crippen molar-refractivity contribution in [1.29, 1.82) is 0 Å². The van der Waals surface area contributed by atoms with E-state index >= 15 is 0 Å². The van der Waals surface area contributed by atoms with Gasteiger partial charge in [0.2, 0.25) is 5.89 Å². The molecule has 4 fully saturated rings. The van der Waals surface area contributed by atoms with Crippen molar-refractivity contribution in [3.63, 3.8) is 0 Å². The molecule has 3 unspecified atom stereocenters. The van der Waals surface area contributed by atoms with Gasteiger partial charge in [0.1, 0.15) is 51.7 Å². The third kappa shape index (κ3) is 20.9. The van der Waals surface area contributed by atoms with Crippen molar-refractivity contribution >= 4 is 38.3 Å². The molecule has 5 heterocycles. The molecule has 11 aromatic rings.